The number of amides is 1. The van der Waals surface area contributed by atoms with Gasteiger partial charge in [-0.2, -0.15) is 0 Å². The van der Waals surface area contributed by atoms with Gasteiger partial charge in [-0.3, -0.25) is 4.79 Å². The topological polar surface area (TPSA) is 25.2 Å². The average molecular weight is 314 g/mol. The Morgan fingerprint density at radius 1 is 1.26 bits per heavy atom. The molecular weight excluding hydrogens is 291 g/mol. The Balaban J connectivity index is 2.42. The molecule has 1 amide bonds. The van der Waals surface area contributed by atoms with E-state index in [4.69, 9.17) is 0 Å². The van der Waals surface area contributed by atoms with Crippen LogP contribution in [0.3, 0.4) is 0 Å². The van der Waals surface area contributed by atoms with Crippen LogP contribution in [0.1, 0.15) is 35.6 Å². The van der Waals surface area contributed by atoms with Crippen LogP contribution in [0.25, 0.3) is 5.69 Å². The summed E-state index contributed by atoms with van der Waals surface area (Å²) >= 11 is 0. The number of benzene rings is 1. The van der Waals surface area contributed by atoms with Gasteiger partial charge in [-0.25, -0.2) is 4.39 Å². The molecule has 122 valence electrons. The Kier molecular flexibility index (Phi) is 5.04. The molecule has 23 heavy (non-hydrogen) atoms. The molecule has 0 aliphatic heterocycles. The van der Waals surface area contributed by atoms with E-state index in [1.807, 2.05) is 38.3 Å². The van der Waals surface area contributed by atoms with Crippen LogP contribution in [0.5, 0.6) is 0 Å². The fraction of sp³-hybridized carbons (Fsp3) is 0.316. The van der Waals surface area contributed by atoms with E-state index in [2.05, 4.69) is 6.58 Å². The lowest BCUT2D eigenvalue weighted by Gasteiger charge is -2.21. The monoisotopic (exact) mass is 314 g/mol. The number of aromatic nitrogens is 1. The Hall–Kier alpha value is -2.36. The summed E-state index contributed by atoms with van der Waals surface area (Å²) in [5, 5.41) is 0. The lowest BCUT2D eigenvalue weighted by Crippen LogP contribution is -2.32. The van der Waals surface area contributed by atoms with Gasteiger partial charge < -0.3 is 9.47 Å². The van der Waals surface area contributed by atoms with Gasteiger partial charge in [0.15, 0.2) is 0 Å². The van der Waals surface area contributed by atoms with Gasteiger partial charge in [-0.15, -0.1) is 0 Å². The molecule has 1 heterocycles. The Morgan fingerprint density at radius 2 is 1.87 bits per heavy atom. The number of rotatable bonds is 5. The Labute approximate surface area is 137 Å². The van der Waals surface area contributed by atoms with Crippen molar-refractivity contribution in [3.05, 3.63) is 65.3 Å². The quantitative estimate of drug-likeness (QED) is 0.757. The zero-order chi connectivity index (χ0) is 17.1. The molecule has 2 aromatic rings. The van der Waals surface area contributed by atoms with Crippen LogP contribution >= 0.6 is 0 Å². The molecule has 0 atom stereocenters. The minimum Gasteiger partial charge on any atom is -0.335 e. The third-order valence-electron chi connectivity index (χ3n) is 3.88. The van der Waals surface area contributed by atoms with Gasteiger partial charge in [0.25, 0.3) is 5.91 Å². The maximum Gasteiger partial charge on any atom is 0.255 e. The van der Waals surface area contributed by atoms with Crippen LogP contribution in [0, 0.1) is 19.7 Å². The summed E-state index contributed by atoms with van der Waals surface area (Å²) in [6.07, 6.45) is 0. The molecule has 4 heteroatoms. The van der Waals surface area contributed by atoms with Gasteiger partial charge >= 0.3 is 0 Å². The summed E-state index contributed by atoms with van der Waals surface area (Å²) in [6, 6.07) is 8.18. The largest absolute Gasteiger partial charge is 0.335 e. The van der Waals surface area contributed by atoms with Crippen molar-refractivity contribution in [2.45, 2.75) is 27.7 Å². The molecule has 2 rings (SSSR count). The summed E-state index contributed by atoms with van der Waals surface area (Å²) in [5.74, 6) is -0.275. The molecule has 0 bridgehead atoms. The van der Waals surface area contributed by atoms with Crippen molar-refractivity contribution in [1.82, 2.24) is 9.47 Å². The molecule has 0 aliphatic rings. The highest BCUT2D eigenvalue weighted by Gasteiger charge is 2.21. The number of halogens is 1. The predicted octanol–water partition coefficient (Wildman–Crippen LogP) is 4.27. The Bertz CT molecular complexity index is 729. The average Bonchev–Trinajstić information content (AvgIpc) is 2.80. The minimum atomic E-state index is -0.272. The number of likely N-dealkylation sites (N-methyl/N-ethyl adjacent to an activating group) is 1. The second kappa shape index (κ2) is 6.82. The molecule has 0 N–H and O–H groups in total. The van der Waals surface area contributed by atoms with E-state index in [1.54, 1.807) is 17.0 Å². The second-order valence-corrected chi connectivity index (χ2v) is 5.87. The van der Waals surface area contributed by atoms with Crippen molar-refractivity contribution in [2.24, 2.45) is 0 Å². The standard InChI is InChI=1S/C19H23FN2O/c1-6-21(12-13(2)3)19(23)18-11-14(4)22(15(18)5)17-9-7-16(20)8-10-17/h7-11H,2,6,12H2,1,3-5H3. The van der Waals surface area contributed by atoms with Gasteiger partial charge in [0, 0.05) is 30.2 Å². The fourth-order valence-electron chi connectivity index (χ4n) is 2.79. The smallest absolute Gasteiger partial charge is 0.255 e. The van der Waals surface area contributed by atoms with E-state index in [1.165, 1.54) is 12.1 Å². The maximum atomic E-state index is 13.1. The third-order valence-corrected chi connectivity index (χ3v) is 3.88. The van der Waals surface area contributed by atoms with Crippen molar-refractivity contribution >= 4 is 5.91 Å². The zero-order valence-electron chi connectivity index (χ0n) is 14.2. The number of carbonyl (C=O) groups is 1. The van der Waals surface area contributed by atoms with Crippen LogP contribution in [0.2, 0.25) is 0 Å². The highest BCUT2D eigenvalue weighted by atomic mass is 19.1. The summed E-state index contributed by atoms with van der Waals surface area (Å²) in [7, 11) is 0. The first-order valence-corrected chi connectivity index (χ1v) is 7.73. The molecule has 1 aromatic carbocycles. The minimum absolute atomic E-state index is 0.00281. The first-order chi connectivity index (χ1) is 10.8. The lowest BCUT2D eigenvalue weighted by atomic mass is 10.2. The van der Waals surface area contributed by atoms with Gasteiger partial charge in [0.2, 0.25) is 0 Å². The van der Waals surface area contributed by atoms with Gasteiger partial charge in [0.1, 0.15) is 5.82 Å². The number of carbonyl (C=O) groups excluding carboxylic acids is 1. The van der Waals surface area contributed by atoms with Crippen LogP contribution in [0.4, 0.5) is 4.39 Å². The molecule has 0 saturated carbocycles. The molecule has 1 aromatic heterocycles. The molecule has 0 fully saturated rings. The number of aryl methyl sites for hydroxylation is 1. The second-order valence-electron chi connectivity index (χ2n) is 5.87. The van der Waals surface area contributed by atoms with Gasteiger partial charge in [-0.1, -0.05) is 12.2 Å². The van der Waals surface area contributed by atoms with E-state index >= 15 is 0 Å². The summed E-state index contributed by atoms with van der Waals surface area (Å²) < 4.78 is 15.1. The summed E-state index contributed by atoms with van der Waals surface area (Å²) in [6.45, 7) is 12.8. The molecular formula is C19H23FN2O. The van der Waals surface area contributed by atoms with E-state index in [-0.39, 0.29) is 11.7 Å². The fourth-order valence-corrected chi connectivity index (χ4v) is 2.79. The highest BCUT2D eigenvalue weighted by molar-refractivity contribution is 5.96. The van der Waals surface area contributed by atoms with Crippen molar-refractivity contribution < 1.29 is 9.18 Å². The van der Waals surface area contributed by atoms with E-state index in [9.17, 15) is 9.18 Å². The summed E-state index contributed by atoms with van der Waals surface area (Å²) in [5.41, 5.74) is 4.29. The maximum absolute atomic E-state index is 13.1. The molecule has 3 nitrogen and oxygen atoms in total. The number of nitrogens with zero attached hydrogens (tertiary/aromatic N) is 2. The van der Waals surface area contributed by atoms with Crippen molar-refractivity contribution in [1.29, 1.82) is 0 Å². The van der Waals surface area contributed by atoms with E-state index < -0.39 is 0 Å². The molecule has 0 spiro atoms. The highest BCUT2D eigenvalue weighted by Crippen LogP contribution is 2.22. The summed E-state index contributed by atoms with van der Waals surface area (Å²) in [4.78, 5) is 14.6. The molecule has 0 aliphatic carbocycles. The predicted molar refractivity (Wildman–Crippen MR) is 91.6 cm³/mol. The third kappa shape index (κ3) is 3.52. The Morgan fingerprint density at radius 3 is 2.39 bits per heavy atom. The van der Waals surface area contributed by atoms with Crippen molar-refractivity contribution in [3.63, 3.8) is 0 Å². The van der Waals surface area contributed by atoms with Crippen LogP contribution in [-0.4, -0.2) is 28.5 Å². The first kappa shape index (κ1) is 17.0. The van der Waals surface area contributed by atoms with Crippen molar-refractivity contribution in [3.8, 4) is 5.69 Å². The number of hydrogen-bond donors (Lipinski definition) is 0. The SMILES string of the molecule is C=C(C)CN(CC)C(=O)c1cc(C)n(-c2ccc(F)cc2)c1C. The van der Waals surface area contributed by atoms with Gasteiger partial charge in [-0.05, 0) is 58.0 Å². The lowest BCUT2D eigenvalue weighted by molar-refractivity contribution is 0.0777. The normalized spacial score (nSPS) is 10.7. The molecule has 0 unspecified atom stereocenters. The number of hydrogen-bond acceptors (Lipinski definition) is 1. The molecule has 0 saturated heterocycles. The van der Waals surface area contributed by atoms with E-state index in [0.717, 1.165) is 22.6 Å². The first-order valence-electron chi connectivity index (χ1n) is 7.73. The molecule has 0 radical (unpaired) electrons. The van der Waals surface area contributed by atoms with Gasteiger partial charge in [0.05, 0.1) is 5.56 Å². The van der Waals surface area contributed by atoms with E-state index in [0.29, 0.717) is 18.7 Å². The van der Waals surface area contributed by atoms with Crippen LogP contribution < -0.4 is 0 Å². The zero-order valence-corrected chi connectivity index (χ0v) is 14.2. The van der Waals surface area contributed by atoms with Crippen LogP contribution in [-0.2, 0) is 0 Å². The van der Waals surface area contributed by atoms with Crippen LogP contribution in [0.15, 0.2) is 42.5 Å². The van der Waals surface area contributed by atoms with Crippen molar-refractivity contribution in [2.75, 3.05) is 13.1 Å².